The Morgan fingerprint density at radius 2 is 1.85 bits per heavy atom. The minimum atomic E-state index is -4.19. The minimum absolute atomic E-state index is 0.341. The van der Waals surface area contributed by atoms with E-state index in [0.29, 0.717) is 27.2 Å². The van der Waals surface area contributed by atoms with E-state index in [0.717, 1.165) is 3.97 Å². The van der Waals surface area contributed by atoms with Crippen LogP contribution < -0.4 is 0 Å². The molecule has 0 bridgehead atoms. The molecule has 130 valence electrons. The number of pyridine rings is 1. The van der Waals surface area contributed by atoms with Crippen molar-refractivity contribution >= 4 is 32.5 Å². The fraction of sp³-hybridized carbons (Fsp3) is 0. The summed E-state index contributed by atoms with van der Waals surface area (Å²) in [6, 6.07) is 9.26. The van der Waals surface area contributed by atoms with Crippen molar-refractivity contribution in [2.45, 2.75) is 5.03 Å². The van der Waals surface area contributed by atoms with Crippen LogP contribution in [0.3, 0.4) is 0 Å². The van der Waals surface area contributed by atoms with E-state index in [1.165, 1.54) is 37.1 Å². The Hall–Kier alpha value is -2.97. The molecule has 0 atom stereocenters. The topological polar surface area (TPSA) is 98.0 Å². The maximum absolute atomic E-state index is 13.3. The van der Waals surface area contributed by atoms with Gasteiger partial charge in [-0.1, -0.05) is 11.6 Å². The van der Waals surface area contributed by atoms with Crippen LogP contribution in [0.25, 0.3) is 22.2 Å². The summed E-state index contributed by atoms with van der Waals surface area (Å²) in [5.41, 5.74) is 1.24. The van der Waals surface area contributed by atoms with E-state index in [-0.39, 0.29) is 0 Å². The molecule has 0 saturated heterocycles. The van der Waals surface area contributed by atoms with Crippen molar-refractivity contribution in [1.82, 2.24) is 18.9 Å². The molecular weight excluding hydrogens is 376 g/mol. The number of fused-ring (bicyclic) bond motifs is 1. The number of halogens is 1. The van der Waals surface area contributed by atoms with E-state index in [4.69, 9.17) is 11.6 Å². The molecule has 0 spiro atoms. The molecule has 0 aliphatic heterocycles. The maximum Gasteiger partial charge on any atom is 0.290 e. The molecule has 26 heavy (non-hydrogen) atoms. The van der Waals surface area contributed by atoms with Crippen LogP contribution in [0.2, 0.25) is 5.02 Å². The standard InChI is InChI=1S/C17H11ClN4O3S/c18-13-3-4-14-11(6-13)7-15(12-8-19-10-20-9-12)22(14)26(24,25)17-16(23)2-1-5-21-17/h1-10,23H. The number of hydrogen-bond acceptors (Lipinski definition) is 6. The molecule has 0 radical (unpaired) electrons. The van der Waals surface area contributed by atoms with Crippen molar-refractivity contribution in [2.24, 2.45) is 0 Å². The molecule has 1 N–H and O–H groups in total. The molecule has 9 heteroatoms. The van der Waals surface area contributed by atoms with Gasteiger partial charge >= 0.3 is 0 Å². The van der Waals surface area contributed by atoms with E-state index in [1.54, 1.807) is 24.3 Å². The van der Waals surface area contributed by atoms with Gasteiger partial charge in [0.25, 0.3) is 10.0 Å². The van der Waals surface area contributed by atoms with Crippen LogP contribution in [0.1, 0.15) is 0 Å². The van der Waals surface area contributed by atoms with E-state index < -0.39 is 20.8 Å². The highest BCUT2D eigenvalue weighted by Crippen LogP contribution is 2.34. The second-order valence-corrected chi connectivity index (χ2v) is 7.60. The second-order valence-electron chi connectivity index (χ2n) is 5.46. The van der Waals surface area contributed by atoms with Crippen molar-refractivity contribution in [3.8, 4) is 17.0 Å². The van der Waals surface area contributed by atoms with Crippen LogP contribution in [0.15, 0.2) is 66.3 Å². The number of nitrogens with zero attached hydrogens (tertiary/aromatic N) is 4. The van der Waals surface area contributed by atoms with Crippen molar-refractivity contribution in [2.75, 3.05) is 0 Å². The van der Waals surface area contributed by atoms with Gasteiger partial charge in [-0.3, -0.25) is 0 Å². The number of aromatic hydroxyl groups is 1. The van der Waals surface area contributed by atoms with Crippen LogP contribution in [-0.4, -0.2) is 32.4 Å². The summed E-state index contributed by atoms with van der Waals surface area (Å²) in [5.74, 6) is -0.432. The van der Waals surface area contributed by atoms with Gasteiger partial charge in [-0.2, -0.15) is 8.42 Å². The smallest absolute Gasteiger partial charge is 0.290 e. The number of aromatic nitrogens is 4. The highest BCUT2D eigenvalue weighted by atomic mass is 35.5. The molecule has 4 aromatic rings. The lowest BCUT2D eigenvalue weighted by Crippen LogP contribution is -2.15. The first-order valence-electron chi connectivity index (χ1n) is 7.44. The Labute approximate surface area is 153 Å². The first-order valence-corrected chi connectivity index (χ1v) is 9.26. The average Bonchev–Trinajstić information content (AvgIpc) is 3.02. The molecule has 0 aliphatic rings. The van der Waals surface area contributed by atoms with Gasteiger partial charge in [-0.25, -0.2) is 18.9 Å². The predicted molar refractivity (Wildman–Crippen MR) is 96.5 cm³/mol. The number of benzene rings is 1. The Morgan fingerprint density at radius 3 is 2.58 bits per heavy atom. The van der Waals surface area contributed by atoms with Crippen LogP contribution in [0.4, 0.5) is 0 Å². The number of rotatable bonds is 3. The van der Waals surface area contributed by atoms with Crippen LogP contribution >= 0.6 is 11.6 Å². The normalized spacial score (nSPS) is 11.7. The molecular formula is C17H11ClN4O3S. The largest absolute Gasteiger partial charge is 0.505 e. The molecule has 0 amide bonds. The van der Waals surface area contributed by atoms with Gasteiger partial charge in [0, 0.05) is 34.6 Å². The molecule has 7 nitrogen and oxygen atoms in total. The highest BCUT2D eigenvalue weighted by molar-refractivity contribution is 7.90. The summed E-state index contributed by atoms with van der Waals surface area (Å²) in [6.45, 7) is 0. The third kappa shape index (κ3) is 2.59. The highest BCUT2D eigenvalue weighted by Gasteiger charge is 2.28. The van der Waals surface area contributed by atoms with Gasteiger partial charge in [-0.15, -0.1) is 0 Å². The number of hydrogen-bond donors (Lipinski definition) is 1. The quantitative estimate of drug-likeness (QED) is 0.581. The van der Waals surface area contributed by atoms with Crippen LogP contribution in [0, 0.1) is 0 Å². The van der Waals surface area contributed by atoms with Crippen LogP contribution in [-0.2, 0) is 10.0 Å². The molecule has 0 unspecified atom stereocenters. The Bertz CT molecular complexity index is 1220. The van der Waals surface area contributed by atoms with Gasteiger partial charge in [0.1, 0.15) is 6.33 Å². The fourth-order valence-corrected chi connectivity index (χ4v) is 4.44. The van der Waals surface area contributed by atoms with Crippen molar-refractivity contribution in [3.63, 3.8) is 0 Å². The summed E-state index contributed by atoms with van der Waals surface area (Å²) in [5, 5.41) is 10.7. The zero-order chi connectivity index (χ0) is 18.3. The molecule has 1 aromatic carbocycles. The summed E-state index contributed by atoms with van der Waals surface area (Å²) in [7, 11) is -4.19. The zero-order valence-electron chi connectivity index (χ0n) is 13.1. The Kier molecular flexibility index (Phi) is 3.86. The Balaban J connectivity index is 2.10. The van der Waals surface area contributed by atoms with Crippen molar-refractivity contribution < 1.29 is 13.5 Å². The van der Waals surface area contributed by atoms with E-state index >= 15 is 0 Å². The third-order valence-corrected chi connectivity index (χ3v) is 5.72. The van der Waals surface area contributed by atoms with Crippen LogP contribution in [0.5, 0.6) is 5.75 Å². The third-order valence-electron chi connectivity index (χ3n) is 3.81. The maximum atomic E-state index is 13.3. The van der Waals surface area contributed by atoms with Gasteiger partial charge in [-0.05, 0) is 36.4 Å². The van der Waals surface area contributed by atoms with Gasteiger partial charge in [0.15, 0.2) is 5.75 Å². The lowest BCUT2D eigenvalue weighted by molar-refractivity contribution is 0.451. The Morgan fingerprint density at radius 1 is 1.08 bits per heavy atom. The average molecular weight is 387 g/mol. The predicted octanol–water partition coefficient (Wildman–Crippen LogP) is 3.09. The molecule has 4 rings (SSSR count). The summed E-state index contributed by atoms with van der Waals surface area (Å²) in [4.78, 5) is 11.8. The second kappa shape index (κ2) is 6.08. The lowest BCUT2D eigenvalue weighted by Gasteiger charge is -2.12. The van der Waals surface area contributed by atoms with Gasteiger partial charge < -0.3 is 5.11 Å². The van der Waals surface area contributed by atoms with Gasteiger partial charge in [0.05, 0.1) is 11.2 Å². The molecule has 0 fully saturated rings. The molecule has 0 aliphatic carbocycles. The molecule has 3 aromatic heterocycles. The monoisotopic (exact) mass is 386 g/mol. The SMILES string of the molecule is O=S(=O)(c1ncccc1O)n1c(-c2cncnc2)cc2cc(Cl)ccc21. The van der Waals surface area contributed by atoms with E-state index in [9.17, 15) is 13.5 Å². The summed E-state index contributed by atoms with van der Waals surface area (Å²) < 4.78 is 27.7. The van der Waals surface area contributed by atoms with Gasteiger partial charge in [0.2, 0.25) is 5.03 Å². The summed E-state index contributed by atoms with van der Waals surface area (Å²) in [6.07, 6.45) is 5.67. The van der Waals surface area contributed by atoms with Crippen molar-refractivity contribution in [3.05, 3.63) is 66.3 Å². The molecule has 3 heterocycles. The lowest BCUT2D eigenvalue weighted by atomic mass is 10.2. The first kappa shape index (κ1) is 16.5. The zero-order valence-corrected chi connectivity index (χ0v) is 14.7. The van der Waals surface area contributed by atoms with E-state index in [1.807, 2.05) is 0 Å². The first-order chi connectivity index (χ1) is 12.5. The fourth-order valence-electron chi connectivity index (χ4n) is 2.72. The van der Waals surface area contributed by atoms with Crippen molar-refractivity contribution in [1.29, 1.82) is 0 Å². The molecule has 0 saturated carbocycles. The summed E-state index contributed by atoms with van der Waals surface area (Å²) >= 11 is 6.05. The van der Waals surface area contributed by atoms with E-state index in [2.05, 4.69) is 15.0 Å². The minimum Gasteiger partial charge on any atom is -0.505 e.